The van der Waals surface area contributed by atoms with Gasteiger partial charge >= 0.3 is 19.4 Å². The number of terminal acetylenes is 1. The van der Waals surface area contributed by atoms with E-state index in [0.717, 1.165) is 11.5 Å². The molecule has 1 unspecified atom stereocenters. The molecule has 1 aliphatic heterocycles. The number of H-pyrrole nitrogens is 1. The van der Waals surface area contributed by atoms with Crippen molar-refractivity contribution in [1.29, 1.82) is 0 Å². The molecule has 0 radical (unpaired) electrons. The van der Waals surface area contributed by atoms with Crippen LogP contribution in [0.15, 0.2) is 27.9 Å². The molecule has 0 fully saturated rings. The standard InChI is InChI=1S/C17H22N3O9P/c1-5-17(9-27-30(24,18-10-25-4)28-11-26-13(3)21)7-6-14(29-17)20-8-12(2)15(22)19-16(20)23/h1,6-8,14H,9-11H2,2-4H3,(H,18,24)(H,19,22,23)/t14-,17+,30?/m1/s1. The number of nitrogens with one attached hydrogen (secondary N) is 2. The Labute approximate surface area is 171 Å². The molecule has 12 nitrogen and oxygen atoms in total. The first-order chi connectivity index (χ1) is 14.1. The smallest absolute Gasteiger partial charge is 0.410 e. The third-order valence-corrected chi connectivity index (χ3v) is 5.29. The van der Waals surface area contributed by atoms with Crippen LogP contribution in [0.25, 0.3) is 0 Å². The van der Waals surface area contributed by atoms with Crippen molar-refractivity contribution in [2.45, 2.75) is 25.7 Å². The fourth-order valence-corrected chi connectivity index (χ4v) is 3.39. The predicted molar refractivity (Wildman–Crippen MR) is 103 cm³/mol. The highest BCUT2D eigenvalue weighted by atomic mass is 31.2. The second-order valence-corrected chi connectivity index (χ2v) is 7.95. The van der Waals surface area contributed by atoms with Gasteiger partial charge in [-0.25, -0.2) is 9.36 Å². The van der Waals surface area contributed by atoms with Gasteiger partial charge in [-0.2, -0.15) is 5.09 Å². The zero-order chi connectivity index (χ0) is 22.4. The molecule has 1 aromatic rings. The van der Waals surface area contributed by atoms with Crippen LogP contribution in [-0.4, -0.2) is 48.4 Å². The van der Waals surface area contributed by atoms with Crippen molar-refractivity contribution in [3.05, 3.63) is 44.8 Å². The number of hydrogen-bond donors (Lipinski definition) is 2. The number of hydrogen-bond acceptors (Lipinski definition) is 9. The molecule has 2 N–H and O–H groups in total. The maximum absolute atomic E-state index is 12.8. The van der Waals surface area contributed by atoms with Gasteiger partial charge in [-0.05, 0) is 19.1 Å². The molecule has 2 rings (SSSR count). The molecule has 1 aromatic heterocycles. The summed E-state index contributed by atoms with van der Waals surface area (Å²) in [5.74, 6) is 1.74. The molecule has 0 aliphatic carbocycles. The number of aromatic nitrogens is 2. The van der Waals surface area contributed by atoms with Crippen molar-refractivity contribution < 1.29 is 32.6 Å². The fraction of sp³-hybridized carbons (Fsp3) is 0.471. The van der Waals surface area contributed by atoms with Gasteiger partial charge in [0.1, 0.15) is 13.3 Å². The number of esters is 1. The molecule has 0 saturated carbocycles. The molecule has 13 heteroatoms. The lowest BCUT2D eigenvalue weighted by molar-refractivity contribution is -0.148. The fourth-order valence-electron chi connectivity index (χ4n) is 2.29. The van der Waals surface area contributed by atoms with Crippen LogP contribution in [0.3, 0.4) is 0 Å². The van der Waals surface area contributed by atoms with Crippen LogP contribution in [0.1, 0.15) is 18.7 Å². The Hall–Kier alpha value is -2.52. The highest BCUT2D eigenvalue weighted by molar-refractivity contribution is 7.51. The molecule has 0 bridgehead atoms. The highest BCUT2D eigenvalue weighted by Crippen LogP contribution is 2.45. The van der Waals surface area contributed by atoms with Crippen LogP contribution in [0.5, 0.6) is 0 Å². The average molecular weight is 443 g/mol. The molecule has 0 saturated heterocycles. The minimum atomic E-state index is -3.99. The van der Waals surface area contributed by atoms with Gasteiger partial charge in [0.05, 0.1) is 0 Å². The number of carbonyl (C=O) groups is 1. The van der Waals surface area contributed by atoms with Crippen molar-refractivity contribution >= 4 is 13.7 Å². The molecule has 2 heterocycles. The highest BCUT2D eigenvalue weighted by Gasteiger charge is 2.39. The summed E-state index contributed by atoms with van der Waals surface area (Å²) in [6.45, 7) is 1.44. The van der Waals surface area contributed by atoms with Crippen molar-refractivity contribution in [3.63, 3.8) is 0 Å². The number of aromatic amines is 1. The van der Waals surface area contributed by atoms with Crippen molar-refractivity contribution in [1.82, 2.24) is 14.6 Å². The van der Waals surface area contributed by atoms with Gasteiger partial charge in [-0.15, -0.1) is 6.42 Å². The second-order valence-electron chi connectivity index (χ2n) is 6.12. The number of carbonyl (C=O) groups excluding carboxylic acids is 1. The Morgan fingerprint density at radius 2 is 2.20 bits per heavy atom. The maximum atomic E-state index is 12.8. The van der Waals surface area contributed by atoms with E-state index in [2.05, 4.69) is 20.7 Å². The van der Waals surface area contributed by atoms with Gasteiger partial charge in [0.15, 0.2) is 11.8 Å². The Kier molecular flexibility index (Phi) is 7.91. The van der Waals surface area contributed by atoms with Crippen molar-refractivity contribution in [2.75, 3.05) is 27.2 Å². The van der Waals surface area contributed by atoms with E-state index in [1.165, 1.54) is 32.4 Å². The third kappa shape index (κ3) is 5.99. The summed E-state index contributed by atoms with van der Waals surface area (Å²) < 4.78 is 39.4. The zero-order valence-corrected chi connectivity index (χ0v) is 17.5. The van der Waals surface area contributed by atoms with E-state index in [0.29, 0.717) is 5.56 Å². The van der Waals surface area contributed by atoms with Crippen LogP contribution in [0.4, 0.5) is 0 Å². The molecule has 1 aliphatic rings. The van der Waals surface area contributed by atoms with Gasteiger partial charge in [-0.3, -0.25) is 28.2 Å². The number of aryl methyl sites for hydroxylation is 1. The molecule has 0 amide bonds. The summed E-state index contributed by atoms with van der Waals surface area (Å²) in [5, 5.41) is 2.40. The van der Waals surface area contributed by atoms with E-state index < -0.39 is 50.2 Å². The number of nitrogens with zero attached hydrogens (tertiary/aromatic N) is 1. The number of rotatable bonds is 10. The summed E-state index contributed by atoms with van der Waals surface area (Å²) >= 11 is 0. The van der Waals surface area contributed by atoms with Crippen molar-refractivity contribution in [2.24, 2.45) is 0 Å². The first-order valence-electron chi connectivity index (χ1n) is 8.57. The Morgan fingerprint density at radius 3 is 2.83 bits per heavy atom. The van der Waals surface area contributed by atoms with Crippen LogP contribution in [0.2, 0.25) is 0 Å². The van der Waals surface area contributed by atoms with E-state index in [1.807, 2.05) is 0 Å². The molecule has 164 valence electrons. The molecule has 0 spiro atoms. The summed E-state index contributed by atoms with van der Waals surface area (Å²) in [5.41, 5.74) is -2.39. The van der Waals surface area contributed by atoms with Crippen LogP contribution in [-0.2, 0) is 32.6 Å². The monoisotopic (exact) mass is 443 g/mol. The van der Waals surface area contributed by atoms with Gasteiger partial charge < -0.3 is 14.2 Å². The van der Waals surface area contributed by atoms with Gasteiger partial charge in [-0.1, -0.05) is 5.92 Å². The first-order valence-corrected chi connectivity index (χ1v) is 10.1. The van der Waals surface area contributed by atoms with E-state index in [1.54, 1.807) is 0 Å². The van der Waals surface area contributed by atoms with Crippen LogP contribution < -0.4 is 16.3 Å². The SMILES string of the molecule is C#C[C@@]1(COP(=O)(NCOC)OCOC(C)=O)C=C[C@H](n2cc(C)c(=O)[nH]c2=O)O1. The second kappa shape index (κ2) is 9.99. The van der Waals surface area contributed by atoms with E-state index >= 15 is 0 Å². The number of ether oxygens (including phenoxy) is 3. The normalized spacial score (nSPS) is 22.4. The minimum absolute atomic E-state index is 0.189. The largest absolute Gasteiger partial charge is 0.438 e. The lowest BCUT2D eigenvalue weighted by atomic mass is 10.1. The molecular formula is C17H22N3O9P. The zero-order valence-electron chi connectivity index (χ0n) is 16.6. The third-order valence-electron chi connectivity index (χ3n) is 3.86. The lowest BCUT2D eigenvalue weighted by Gasteiger charge is -2.26. The summed E-state index contributed by atoms with van der Waals surface area (Å²) in [4.78, 5) is 36.6. The van der Waals surface area contributed by atoms with Crippen LogP contribution >= 0.6 is 7.75 Å². The Bertz CT molecular complexity index is 1010. The Balaban J connectivity index is 2.12. The minimum Gasteiger partial charge on any atom is -0.438 e. The van der Waals surface area contributed by atoms with E-state index in [4.69, 9.17) is 24.9 Å². The summed E-state index contributed by atoms with van der Waals surface area (Å²) in [7, 11) is -2.64. The first kappa shape index (κ1) is 23.8. The van der Waals surface area contributed by atoms with Gasteiger partial charge in [0.25, 0.3) is 5.56 Å². The predicted octanol–water partition coefficient (Wildman–Crippen LogP) is 0.157. The quantitative estimate of drug-likeness (QED) is 0.168. The molecule has 3 atom stereocenters. The van der Waals surface area contributed by atoms with Crippen LogP contribution in [0, 0.1) is 19.3 Å². The summed E-state index contributed by atoms with van der Waals surface area (Å²) in [6, 6.07) is 0. The molecule has 30 heavy (non-hydrogen) atoms. The lowest BCUT2D eigenvalue weighted by Crippen LogP contribution is -2.37. The van der Waals surface area contributed by atoms with Crippen molar-refractivity contribution in [3.8, 4) is 12.3 Å². The Morgan fingerprint density at radius 1 is 1.47 bits per heavy atom. The van der Waals surface area contributed by atoms with E-state index in [9.17, 15) is 18.9 Å². The molecule has 0 aromatic carbocycles. The van der Waals surface area contributed by atoms with E-state index in [-0.39, 0.29) is 6.73 Å². The number of methoxy groups -OCH3 is 1. The average Bonchev–Trinajstić information content (AvgIpc) is 3.12. The summed E-state index contributed by atoms with van der Waals surface area (Å²) in [6.07, 6.45) is 8.93. The van der Waals surface area contributed by atoms with Gasteiger partial charge in [0.2, 0.25) is 6.79 Å². The topological polar surface area (TPSA) is 147 Å². The molecular weight excluding hydrogens is 421 g/mol. The van der Waals surface area contributed by atoms with Gasteiger partial charge in [0, 0.05) is 25.8 Å². The maximum Gasteiger partial charge on any atom is 0.410 e.